The Labute approximate surface area is 159 Å². The van der Waals surface area contributed by atoms with Crippen LogP contribution in [-0.2, 0) is 17.5 Å². The molecule has 27 heavy (non-hydrogen) atoms. The number of carbonyl (C=O) groups is 1. The van der Waals surface area contributed by atoms with Gasteiger partial charge in [-0.3, -0.25) is 4.90 Å². The van der Waals surface area contributed by atoms with Gasteiger partial charge in [0.2, 0.25) is 0 Å². The molecule has 9 heteroatoms. The molecule has 1 saturated heterocycles. The summed E-state index contributed by atoms with van der Waals surface area (Å²) < 4.78 is 42.7. The van der Waals surface area contributed by atoms with Crippen LogP contribution in [0.3, 0.4) is 0 Å². The van der Waals surface area contributed by atoms with Crippen molar-refractivity contribution in [1.82, 2.24) is 9.88 Å². The molecule has 0 saturated carbocycles. The molecule has 1 fully saturated rings. The van der Waals surface area contributed by atoms with E-state index in [1.54, 1.807) is 0 Å². The zero-order chi connectivity index (χ0) is 19.4. The second-order valence-electron chi connectivity index (χ2n) is 6.31. The number of anilines is 1. The lowest BCUT2D eigenvalue weighted by molar-refractivity contribution is -0.137. The van der Waals surface area contributed by atoms with Gasteiger partial charge in [-0.15, -0.1) is 0 Å². The topological polar surface area (TPSA) is 45.7 Å². The molecule has 0 aliphatic carbocycles. The lowest BCUT2D eigenvalue weighted by Crippen LogP contribution is -2.30. The molecule has 0 amide bonds. The van der Waals surface area contributed by atoms with Gasteiger partial charge in [0.15, 0.2) is 5.13 Å². The van der Waals surface area contributed by atoms with Crippen molar-refractivity contribution >= 4 is 22.4 Å². The van der Waals surface area contributed by atoms with E-state index in [0.29, 0.717) is 11.4 Å². The van der Waals surface area contributed by atoms with Crippen molar-refractivity contribution in [2.75, 3.05) is 38.2 Å². The fourth-order valence-corrected chi connectivity index (χ4v) is 3.87. The highest BCUT2D eigenvalue weighted by Crippen LogP contribution is 2.29. The van der Waals surface area contributed by atoms with E-state index in [0.717, 1.165) is 55.4 Å². The molecule has 0 radical (unpaired) electrons. The summed E-state index contributed by atoms with van der Waals surface area (Å²) in [6.07, 6.45) is -1.87. The van der Waals surface area contributed by atoms with Crippen LogP contribution in [0.1, 0.15) is 27.2 Å². The first-order chi connectivity index (χ1) is 12.9. The molecule has 0 atom stereocenters. The van der Waals surface area contributed by atoms with Gasteiger partial charge in [-0.05, 0) is 24.1 Å². The number of thiazole rings is 1. The maximum absolute atomic E-state index is 12.7. The number of hydrogen-bond acceptors (Lipinski definition) is 6. The van der Waals surface area contributed by atoms with Crippen molar-refractivity contribution in [2.45, 2.75) is 19.1 Å². The summed E-state index contributed by atoms with van der Waals surface area (Å²) in [6, 6.07) is 5.33. The van der Waals surface area contributed by atoms with Gasteiger partial charge in [0, 0.05) is 32.7 Å². The zero-order valence-corrected chi connectivity index (χ0v) is 15.6. The quantitative estimate of drug-likeness (QED) is 0.735. The number of esters is 1. The third-order valence-corrected chi connectivity index (χ3v) is 5.46. The summed E-state index contributed by atoms with van der Waals surface area (Å²) in [4.78, 5) is 20.7. The standard InChI is InChI=1S/C18H20F3N3O2S/c1-26-16(25)15-11-22-17(27-15)24-8-2-7-23(9-10-24)12-13-3-5-14(6-4-13)18(19,20)21/h3-6,11H,2,7-10,12H2,1H3. The van der Waals surface area contributed by atoms with Gasteiger partial charge in [-0.25, -0.2) is 9.78 Å². The molecular weight excluding hydrogens is 379 g/mol. The average Bonchev–Trinajstić information content (AvgIpc) is 3.02. The van der Waals surface area contributed by atoms with Crippen molar-refractivity contribution in [3.8, 4) is 0 Å². The first-order valence-corrected chi connectivity index (χ1v) is 9.36. The Bertz CT molecular complexity index is 777. The number of nitrogens with zero attached hydrogens (tertiary/aromatic N) is 3. The number of halogens is 3. The van der Waals surface area contributed by atoms with Crippen molar-refractivity contribution in [3.05, 3.63) is 46.5 Å². The Morgan fingerprint density at radius 2 is 1.93 bits per heavy atom. The summed E-state index contributed by atoms with van der Waals surface area (Å²) >= 11 is 1.31. The second kappa shape index (κ2) is 8.26. The van der Waals surface area contributed by atoms with E-state index < -0.39 is 17.7 Å². The average molecular weight is 399 g/mol. The van der Waals surface area contributed by atoms with E-state index in [2.05, 4.69) is 14.8 Å². The molecule has 5 nitrogen and oxygen atoms in total. The monoisotopic (exact) mass is 399 g/mol. The highest BCUT2D eigenvalue weighted by Gasteiger charge is 2.30. The smallest absolute Gasteiger partial charge is 0.416 e. The van der Waals surface area contributed by atoms with Crippen LogP contribution in [0.2, 0.25) is 0 Å². The molecular formula is C18H20F3N3O2S. The van der Waals surface area contributed by atoms with Crippen LogP contribution >= 0.6 is 11.3 Å². The number of aromatic nitrogens is 1. The molecule has 1 aromatic heterocycles. The summed E-state index contributed by atoms with van der Waals surface area (Å²) in [6.45, 7) is 3.80. The molecule has 3 rings (SSSR count). The van der Waals surface area contributed by atoms with E-state index in [4.69, 9.17) is 4.74 Å². The highest BCUT2D eigenvalue weighted by atomic mass is 32.1. The van der Waals surface area contributed by atoms with Crippen LogP contribution < -0.4 is 4.90 Å². The Morgan fingerprint density at radius 1 is 1.19 bits per heavy atom. The van der Waals surface area contributed by atoms with Crippen LogP contribution in [-0.4, -0.2) is 49.1 Å². The minimum Gasteiger partial charge on any atom is -0.465 e. The second-order valence-corrected chi connectivity index (χ2v) is 7.32. The minimum atomic E-state index is -4.31. The van der Waals surface area contributed by atoms with Crippen LogP contribution in [0, 0.1) is 0 Å². The molecule has 0 spiro atoms. The van der Waals surface area contributed by atoms with Gasteiger partial charge in [-0.2, -0.15) is 13.2 Å². The Balaban J connectivity index is 1.58. The number of benzene rings is 1. The van der Waals surface area contributed by atoms with Crippen LogP contribution in [0.15, 0.2) is 30.5 Å². The number of rotatable bonds is 4. The molecule has 1 aliphatic heterocycles. The van der Waals surface area contributed by atoms with E-state index in [1.807, 2.05) is 0 Å². The van der Waals surface area contributed by atoms with Crippen molar-refractivity contribution in [2.24, 2.45) is 0 Å². The maximum atomic E-state index is 12.7. The van der Waals surface area contributed by atoms with Gasteiger partial charge in [0.25, 0.3) is 0 Å². The van der Waals surface area contributed by atoms with Crippen LogP contribution in [0.5, 0.6) is 0 Å². The van der Waals surface area contributed by atoms with Crippen LogP contribution in [0.25, 0.3) is 0 Å². The first kappa shape index (κ1) is 19.6. The van der Waals surface area contributed by atoms with Crippen molar-refractivity contribution in [3.63, 3.8) is 0 Å². The van der Waals surface area contributed by atoms with Crippen molar-refractivity contribution < 1.29 is 22.7 Å². The van der Waals surface area contributed by atoms with Gasteiger partial charge in [-0.1, -0.05) is 23.5 Å². The third-order valence-electron chi connectivity index (χ3n) is 4.43. The molecule has 1 aromatic carbocycles. The fourth-order valence-electron chi connectivity index (χ4n) is 2.98. The lowest BCUT2D eigenvalue weighted by atomic mass is 10.1. The van der Waals surface area contributed by atoms with E-state index in [9.17, 15) is 18.0 Å². The molecule has 0 N–H and O–H groups in total. The van der Waals surface area contributed by atoms with E-state index in [-0.39, 0.29) is 0 Å². The normalized spacial score (nSPS) is 16.2. The Hall–Kier alpha value is -2.13. The summed E-state index contributed by atoms with van der Waals surface area (Å²) in [7, 11) is 1.34. The fraction of sp³-hybridized carbons (Fsp3) is 0.444. The highest BCUT2D eigenvalue weighted by molar-refractivity contribution is 7.17. The number of hydrogen-bond donors (Lipinski definition) is 0. The molecule has 2 heterocycles. The van der Waals surface area contributed by atoms with Crippen molar-refractivity contribution in [1.29, 1.82) is 0 Å². The summed E-state index contributed by atoms with van der Waals surface area (Å²) in [5.41, 5.74) is 0.233. The Morgan fingerprint density at radius 3 is 2.59 bits per heavy atom. The lowest BCUT2D eigenvalue weighted by Gasteiger charge is -2.21. The van der Waals surface area contributed by atoms with Crippen LogP contribution in [0.4, 0.5) is 18.3 Å². The number of ether oxygens (including phenoxy) is 1. The number of methoxy groups -OCH3 is 1. The van der Waals surface area contributed by atoms with Gasteiger partial charge in [0.1, 0.15) is 4.88 Å². The van der Waals surface area contributed by atoms with E-state index >= 15 is 0 Å². The maximum Gasteiger partial charge on any atom is 0.416 e. The first-order valence-electron chi connectivity index (χ1n) is 8.54. The summed E-state index contributed by atoms with van der Waals surface area (Å²) in [5.74, 6) is -0.391. The van der Waals surface area contributed by atoms with Gasteiger partial charge < -0.3 is 9.64 Å². The predicted molar refractivity (Wildman–Crippen MR) is 97.0 cm³/mol. The van der Waals surface area contributed by atoms with Gasteiger partial charge >= 0.3 is 12.1 Å². The van der Waals surface area contributed by atoms with E-state index in [1.165, 1.54) is 36.8 Å². The number of carbonyl (C=O) groups excluding carboxylic acids is 1. The largest absolute Gasteiger partial charge is 0.465 e. The molecule has 1 aliphatic rings. The zero-order valence-electron chi connectivity index (χ0n) is 14.8. The SMILES string of the molecule is COC(=O)c1cnc(N2CCCN(Cc3ccc(C(F)(F)F)cc3)CC2)s1. The number of alkyl halides is 3. The predicted octanol–water partition coefficient (Wildman–Crippen LogP) is 3.66. The molecule has 0 unspecified atom stereocenters. The Kier molecular flexibility index (Phi) is 6.01. The minimum absolute atomic E-state index is 0.391. The molecule has 2 aromatic rings. The molecule has 0 bridgehead atoms. The molecule has 146 valence electrons. The summed E-state index contributed by atoms with van der Waals surface area (Å²) in [5, 5.41) is 0.784. The van der Waals surface area contributed by atoms with Gasteiger partial charge in [0.05, 0.1) is 18.9 Å². The third kappa shape index (κ3) is 4.98.